The van der Waals surface area contributed by atoms with Crippen molar-refractivity contribution in [3.63, 3.8) is 0 Å². The van der Waals surface area contributed by atoms with Crippen molar-refractivity contribution in [1.29, 1.82) is 0 Å². The average Bonchev–Trinajstić information content (AvgIpc) is 2.14. The molecule has 0 saturated carbocycles. The summed E-state index contributed by atoms with van der Waals surface area (Å²) in [5.41, 5.74) is 0. The van der Waals surface area contributed by atoms with Gasteiger partial charge < -0.3 is 4.74 Å². The highest BCUT2D eigenvalue weighted by atomic mass is 79.9. The number of halogens is 2. The number of hydrogen-bond acceptors (Lipinski definition) is 2. The van der Waals surface area contributed by atoms with Crippen LogP contribution in [-0.4, -0.2) is 15.3 Å². The van der Waals surface area contributed by atoms with Gasteiger partial charge in [0.1, 0.15) is 6.10 Å². The van der Waals surface area contributed by atoms with Crippen LogP contribution >= 0.6 is 31.9 Å². The topological polar surface area (TPSA) is 26.3 Å². The van der Waals surface area contributed by atoms with Crippen molar-refractivity contribution in [1.82, 2.24) is 0 Å². The SMILES string of the molecule is CC[C@H]1OC(=O)C(Br)(Br)[C@H]1C. The number of ether oxygens (including phenoxy) is 1. The number of rotatable bonds is 1. The molecular weight excluding hydrogens is 276 g/mol. The highest BCUT2D eigenvalue weighted by molar-refractivity contribution is 9.25. The average molecular weight is 286 g/mol. The van der Waals surface area contributed by atoms with Gasteiger partial charge >= 0.3 is 5.97 Å². The van der Waals surface area contributed by atoms with Crippen LogP contribution in [0.2, 0.25) is 0 Å². The zero-order valence-electron chi connectivity index (χ0n) is 6.43. The summed E-state index contributed by atoms with van der Waals surface area (Å²) in [6, 6.07) is 0. The van der Waals surface area contributed by atoms with Crippen molar-refractivity contribution in [2.24, 2.45) is 5.92 Å². The first-order chi connectivity index (χ1) is 5.00. The lowest BCUT2D eigenvalue weighted by Gasteiger charge is -2.15. The molecule has 0 aliphatic carbocycles. The van der Waals surface area contributed by atoms with Gasteiger partial charge in [0.25, 0.3) is 0 Å². The molecule has 0 radical (unpaired) electrons. The summed E-state index contributed by atoms with van der Waals surface area (Å²) in [5, 5.41) is 0. The molecule has 0 unspecified atom stereocenters. The number of carbonyl (C=O) groups excluding carboxylic acids is 1. The second-order valence-corrected chi connectivity index (χ2v) is 6.33. The predicted molar refractivity (Wildman–Crippen MR) is 49.9 cm³/mol. The Morgan fingerprint density at radius 3 is 2.36 bits per heavy atom. The molecule has 0 amide bonds. The lowest BCUT2D eigenvalue weighted by atomic mass is 10.0. The summed E-state index contributed by atoms with van der Waals surface area (Å²) in [5.74, 6) is -0.0307. The lowest BCUT2D eigenvalue weighted by molar-refractivity contribution is -0.141. The maximum absolute atomic E-state index is 11.2. The Hall–Kier alpha value is 0.430. The Morgan fingerprint density at radius 2 is 2.18 bits per heavy atom. The molecule has 1 rings (SSSR count). The maximum Gasteiger partial charge on any atom is 0.334 e. The Balaban J connectivity index is 2.80. The largest absolute Gasteiger partial charge is 0.460 e. The molecule has 11 heavy (non-hydrogen) atoms. The van der Waals surface area contributed by atoms with Gasteiger partial charge in [-0.25, -0.2) is 4.79 Å². The molecule has 0 bridgehead atoms. The zero-order valence-corrected chi connectivity index (χ0v) is 9.61. The van der Waals surface area contributed by atoms with E-state index in [4.69, 9.17) is 4.74 Å². The molecule has 1 aliphatic rings. The molecule has 0 aromatic carbocycles. The summed E-state index contributed by atoms with van der Waals surface area (Å²) >= 11 is 6.59. The van der Waals surface area contributed by atoms with Crippen LogP contribution < -0.4 is 0 Å². The number of cyclic esters (lactones) is 1. The van der Waals surface area contributed by atoms with E-state index >= 15 is 0 Å². The zero-order chi connectivity index (χ0) is 8.65. The van der Waals surface area contributed by atoms with Crippen molar-refractivity contribution in [3.05, 3.63) is 0 Å². The van der Waals surface area contributed by atoms with Crippen LogP contribution in [0.4, 0.5) is 0 Å². The standard InChI is InChI=1S/C7H10Br2O2/c1-3-5-4(2)7(8,9)6(10)11-5/h4-5H,3H2,1-2H3/t4-,5+/m0/s1. The number of esters is 1. The van der Waals surface area contributed by atoms with E-state index in [1.54, 1.807) is 0 Å². The van der Waals surface area contributed by atoms with Crippen molar-refractivity contribution in [2.75, 3.05) is 0 Å². The molecular formula is C7H10Br2O2. The van der Waals surface area contributed by atoms with Gasteiger partial charge in [0.2, 0.25) is 0 Å². The van der Waals surface area contributed by atoms with Crippen molar-refractivity contribution >= 4 is 37.8 Å². The minimum absolute atomic E-state index is 0.0428. The van der Waals surface area contributed by atoms with E-state index in [0.29, 0.717) is 0 Å². The van der Waals surface area contributed by atoms with Gasteiger partial charge in [-0.05, 0) is 6.42 Å². The van der Waals surface area contributed by atoms with Crippen LogP contribution in [-0.2, 0) is 9.53 Å². The molecule has 1 saturated heterocycles. The van der Waals surface area contributed by atoms with Crippen LogP contribution in [0.3, 0.4) is 0 Å². The third-order valence-corrected chi connectivity index (χ3v) is 4.15. The van der Waals surface area contributed by atoms with E-state index in [-0.39, 0.29) is 18.0 Å². The summed E-state index contributed by atoms with van der Waals surface area (Å²) in [4.78, 5) is 11.2. The van der Waals surface area contributed by atoms with Crippen LogP contribution in [0.25, 0.3) is 0 Å². The minimum Gasteiger partial charge on any atom is -0.460 e. The minimum atomic E-state index is -0.652. The summed E-state index contributed by atoms with van der Waals surface area (Å²) < 4.78 is 4.45. The third-order valence-electron chi connectivity index (χ3n) is 2.06. The van der Waals surface area contributed by atoms with E-state index in [2.05, 4.69) is 31.9 Å². The van der Waals surface area contributed by atoms with E-state index in [1.165, 1.54) is 0 Å². The third kappa shape index (κ3) is 1.47. The monoisotopic (exact) mass is 284 g/mol. The van der Waals surface area contributed by atoms with Gasteiger partial charge in [-0.2, -0.15) is 0 Å². The molecule has 4 heteroatoms. The fourth-order valence-electron chi connectivity index (χ4n) is 1.17. The summed E-state index contributed by atoms with van der Waals surface area (Å²) in [6.07, 6.45) is 0.910. The maximum atomic E-state index is 11.2. The Kier molecular flexibility index (Phi) is 2.64. The predicted octanol–water partition coefficient (Wildman–Crippen LogP) is 2.44. The van der Waals surface area contributed by atoms with Gasteiger partial charge in [0, 0.05) is 5.92 Å². The van der Waals surface area contributed by atoms with Gasteiger partial charge in [0.05, 0.1) is 0 Å². The smallest absolute Gasteiger partial charge is 0.334 e. The fourth-order valence-corrected chi connectivity index (χ4v) is 1.95. The van der Waals surface area contributed by atoms with E-state index in [9.17, 15) is 4.79 Å². The van der Waals surface area contributed by atoms with Gasteiger partial charge in [-0.1, -0.05) is 45.7 Å². The van der Waals surface area contributed by atoms with Crippen LogP contribution in [0.1, 0.15) is 20.3 Å². The number of hydrogen-bond donors (Lipinski definition) is 0. The molecule has 0 N–H and O–H groups in total. The summed E-state index contributed by atoms with van der Waals surface area (Å²) in [7, 11) is 0. The first-order valence-corrected chi connectivity index (χ1v) is 5.17. The Labute approximate surface area is 82.9 Å². The highest BCUT2D eigenvalue weighted by Gasteiger charge is 2.51. The van der Waals surface area contributed by atoms with Crippen molar-refractivity contribution in [3.8, 4) is 0 Å². The normalized spacial score (nSPS) is 35.5. The molecule has 1 aliphatic heterocycles. The molecule has 1 fully saturated rings. The molecule has 0 aromatic rings. The molecule has 2 atom stereocenters. The summed E-state index contributed by atoms with van der Waals surface area (Å²) in [6.45, 7) is 4.00. The molecule has 0 spiro atoms. The highest BCUT2D eigenvalue weighted by Crippen LogP contribution is 2.44. The lowest BCUT2D eigenvalue weighted by Crippen LogP contribution is -2.26. The molecule has 0 aromatic heterocycles. The Morgan fingerprint density at radius 1 is 1.64 bits per heavy atom. The second kappa shape index (κ2) is 3.05. The van der Waals surface area contributed by atoms with Crippen molar-refractivity contribution in [2.45, 2.75) is 29.6 Å². The van der Waals surface area contributed by atoms with Gasteiger partial charge in [-0.15, -0.1) is 0 Å². The van der Waals surface area contributed by atoms with E-state index < -0.39 is 3.23 Å². The van der Waals surface area contributed by atoms with Crippen molar-refractivity contribution < 1.29 is 9.53 Å². The van der Waals surface area contributed by atoms with Crippen LogP contribution in [0.5, 0.6) is 0 Å². The van der Waals surface area contributed by atoms with Crippen LogP contribution in [0.15, 0.2) is 0 Å². The van der Waals surface area contributed by atoms with Crippen LogP contribution in [0, 0.1) is 5.92 Å². The number of carbonyl (C=O) groups is 1. The quantitative estimate of drug-likeness (QED) is 0.546. The second-order valence-electron chi connectivity index (χ2n) is 2.76. The van der Waals surface area contributed by atoms with E-state index in [1.807, 2.05) is 13.8 Å². The Bertz CT molecular complexity index is 179. The molecule has 64 valence electrons. The van der Waals surface area contributed by atoms with E-state index in [0.717, 1.165) is 6.42 Å². The number of alkyl halides is 2. The van der Waals surface area contributed by atoms with Gasteiger partial charge in [0.15, 0.2) is 3.23 Å². The first kappa shape index (κ1) is 9.52. The first-order valence-electron chi connectivity index (χ1n) is 3.59. The molecule has 2 nitrogen and oxygen atoms in total. The van der Waals surface area contributed by atoms with Gasteiger partial charge in [-0.3, -0.25) is 0 Å². The molecule has 1 heterocycles. The fraction of sp³-hybridized carbons (Fsp3) is 0.857.